The smallest absolute Gasteiger partial charge is 1.00 e. The van der Waals surface area contributed by atoms with E-state index < -0.39 is 17.1 Å². The van der Waals surface area contributed by atoms with Crippen LogP contribution in [-0.4, -0.2) is 51.7 Å². The first kappa shape index (κ1) is 16.8. The molecule has 2 bridgehead atoms. The number of rotatable bonds is 2. The van der Waals surface area contributed by atoms with Gasteiger partial charge in [0.1, 0.15) is 0 Å². The molecule has 26 heavy (non-hydrogen) atoms. The second-order valence-electron chi connectivity index (χ2n) is 8.72. The van der Waals surface area contributed by atoms with E-state index in [0.29, 0.717) is 18.6 Å². The summed E-state index contributed by atoms with van der Waals surface area (Å²) in [6.45, 7) is 1.95. The van der Waals surface area contributed by atoms with Crippen molar-refractivity contribution >= 4 is 5.78 Å². The molecule has 140 valence electrons. The molecule has 1 saturated heterocycles. The van der Waals surface area contributed by atoms with Gasteiger partial charge in [-0.05, 0) is 56.2 Å². The highest BCUT2D eigenvalue weighted by Crippen LogP contribution is 2.64. The summed E-state index contributed by atoms with van der Waals surface area (Å²) in [7, 11) is 0. The van der Waals surface area contributed by atoms with Crippen molar-refractivity contribution in [3.63, 3.8) is 0 Å². The van der Waals surface area contributed by atoms with Crippen LogP contribution in [0.1, 0.15) is 44.7 Å². The number of benzene rings is 1. The average Bonchev–Trinajstić information content (AvgIpc) is 3.32. The summed E-state index contributed by atoms with van der Waals surface area (Å²) >= 11 is 0. The summed E-state index contributed by atoms with van der Waals surface area (Å²) in [6, 6.07) is 3.69. The third kappa shape index (κ3) is 1.77. The number of phenols is 1. The topological polar surface area (TPSA) is 70.0 Å². The predicted octanol–water partition coefficient (Wildman–Crippen LogP) is -1.36. The maximum Gasteiger partial charge on any atom is 1.00 e. The van der Waals surface area contributed by atoms with E-state index in [2.05, 4.69) is 4.90 Å². The fourth-order valence-electron chi connectivity index (χ4n) is 6.26. The van der Waals surface area contributed by atoms with Gasteiger partial charge in [-0.15, -0.1) is 0 Å². The molecule has 0 radical (unpaired) electrons. The van der Waals surface area contributed by atoms with Crippen molar-refractivity contribution < 1.29 is 33.6 Å². The molecule has 3 fully saturated rings. The Morgan fingerprint density at radius 2 is 2.12 bits per heavy atom. The number of likely N-dealkylation sites (tertiary alicyclic amines) is 1. The van der Waals surface area contributed by atoms with Crippen LogP contribution >= 0.6 is 0 Å². The standard InChI is InChI=1S/C20H23NO4.ClH/c22-13-4-3-12-9-15-20(24)6-5-14(23)18-19(20,16(12)17(13)25-18)7-8-21(15)10-11-1-2-11;/h3-4,11,15,18,22,24H,1-2,5-10H2;1H. The number of piperidine rings is 1. The monoisotopic (exact) mass is 377 g/mol. The highest BCUT2D eigenvalue weighted by atomic mass is 35.5. The molecule has 1 aromatic rings. The van der Waals surface area contributed by atoms with Gasteiger partial charge in [-0.2, -0.15) is 0 Å². The average molecular weight is 378 g/mol. The van der Waals surface area contributed by atoms with Gasteiger partial charge in [-0.3, -0.25) is 9.69 Å². The van der Waals surface area contributed by atoms with E-state index in [9.17, 15) is 15.0 Å². The number of aliphatic hydroxyl groups is 1. The molecule has 0 aromatic heterocycles. The number of Topliss-reactive ketones (excluding diaryl/α,β-unsaturated/α-hetero) is 1. The molecule has 6 heteroatoms. The number of phenolic OH excluding ortho intramolecular Hbond substituents is 1. The van der Waals surface area contributed by atoms with Crippen molar-refractivity contribution in [1.29, 1.82) is 0 Å². The summed E-state index contributed by atoms with van der Waals surface area (Å²) in [6.07, 6.45) is 4.33. The highest BCUT2D eigenvalue weighted by Gasteiger charge is 2.73. The van der Waals surface area contributed by atoms with E-state index in [1.165, 1.54) is 12.8 Å². The van der Waals surface area contributed by atoms with Crippen molar-refractivity contribution in [3.05, 3.63) is 23.3 Å². The van der Waals surface area contributed by atoms with Crippen molar-refractivity contribution in [2.24, 2.45) is 5.92 Å². The summed E-state index contributed by atoms with van der Waals surface area (Å²) in [5.74, 6) is 1.39. The third-order valence-electron chi connectivity index (χ3n) is 7.56. The number of ether oxygens (including phenoxy) is 1. The lowest BCUT2D eigenvalue weighted by Gasteiger charge is -2.62. The minimum absolute atomic E-state index is 0. The van der Waals surface area contributed by atoms with Gasteiger partial charge in [0.05, 0.1) is 11.0 Å². The van der Waals surface area contributed by atoms with E-state index in [1.807, 2.05) is 6.07 Å². The summed E-state index contributed by atoms with van der Waals surface area (Å²) in [5.41, 5.74) is 0.454. The molecule has 3 aliphatic carbocycles. The number of carbonyl (C=O) groups excluding carboxylic acids is 1. The van der Waals surface area contributed by atoms with Gasteiger partial charge < -0.3 is 27.4 Å². The van der Waals surface area contributed by atoms with Crippen LogP contribution in [0.2, 0.25) is 0 Å². The van der Waals surface area contributed by atoms with Gasteiger partial charge in [-0.25, -0.2) is 0 Å². The summed E-state index contributed by atoms with van der Waals surface area (Å²) < 4.78 is 6.04. The molecular weight excluding hydrogens is 354 g/mol. The Hall–Kier alpha value is -1.30. The van der Waals surface area contributed by atoms with Gasteiger partial charge in [0, 0.05) is 24.6 Å². The van der Waals surface area contributed by atoms with Gasteiger partial charge in [-0.1, -0.05) is 6.07 Å². The van der Waals surface area contributed by atoms with Crippen molar-refractivity contribution in [2.75, 3.05) is 13.1 Å². The Morgan fingerprint density at radius 1 is 1.31 bits per heavy atom. The van der Waals surface area contributed by atoms with Crippen molar-refractivity contribution in [1.82, 2.24) is 4.90 Å². The van der Waals surface area contributed by atoms with Crippen LogP contribution in [0, 0.1) is 5.92 Å². The van der Waals surface area contributed by atoms with Crippen LogP contribution in [-0.2, 0) is 16.6 Å². The maximum absolute atomic E-state index is 12.7. The molecule has 2 saturated carbocycles. The van der Waals surface area contributed by atoms with Gasteiger partial charge in [0.15, 0.2) is 23.4 Å². The van der Waals surface area contributed by atoms with Crippen LogP contribution < -0.4 is 17.1 Å². The molecule has 5 aliphatic rings. The van der Waals surface area contributed by atoms with Crippen LogP contribution in [0.15, 0.2) is 12.1 Å². The zero-order valence-electron chi connectivity index (χ0n) is 15.6. The number of nitrogens with zero attached hydrogens (tertiary/aromatic N) is 1. The zero-order chi connectivity index (χ0) is 17.0. The first-order chi connectivity index (χ1) is 12.0. The van der Waals surface area contributed by atoms with Crippen LogP contribution in [0.4, 0.5) is 0 Å². The second-order valence-corrected chi connectivity index (χ2v) is 8.72. The van der Waals surface area contributed by atoms with Crippen LogP contribution in [0.3, 0.4) is 0 Å². The second kappa shape index (κ2) is 5.15. The number of carbonyl (C=O) groups is 1. The molecule has 4 atom stereocenters. The minimum Gasteiger partial charge on any atom is -1.00 e. The summed E-state index contributed by atoms with van der Waals surface area (Å²) in [5, 5.41) is 22.3. The Labute approximate surface area is 160 Å². The van der Waals surface area contributed by atoms with Crippen molar-refractivity contribution in [2.45, 2.75) is 61.7 Å². The van der Waals surface area contributed by atoms with E-state index in [0.717, 1.165) is 43.0 Å². The fourth-order valence-corrected chi connectivity index (χ4v) is 6.26. The van der Waals surface area contributed by atoms with E-state index >= 15 is 0 Å². The fraction of sp³-hybridized carbons (Fsp3) is 0.650. The molecule has 1 spiro atoms. The Kier molecular flexibility index (Phi) is 3.34. The number of halogens is 1. The minimum atomic E-state index is -0.940. The molecule has 5 nitrogen and oxygen atoms in total. The number of hydrogen-bond donors (Lipinski definition) is 2. The molecular formula is C20H24ClNO4. The van der Waals surface area contributed by atoms with E-state index in [1.54, 1.807) is 6.07 Å². The molecule has 2 N–H and O–H groups in total. The molecule has 2 aliphatic heterocycles. The van der Waals surface area contributed by atoms with Gasteiger partial charge >= 0.3 is 1.43 Å². The van der Waals surface area contributed by atoms with E-state index in [-0.39, 0.29) is 31.4 Å². The number of hydrogen-bond acceptors (Lipinski definition) is 5. The largest absolute Gasteiger partial charge is 1.00 e. The first-order valence-corrected chi connectivity index (χ1v) is 9.56. The quantitative estimate of drug-likeness (QED) is 0.666. The molecule has 6 rings (SSSR count). The summed E-state index contributed by atoms with van der Waals surface area (Å²) in [4.78, 5) is 15.2. The highest BCUT2D eigenvalue weighted by molar-refractivity contribution is 5.90. The Morgan fingerprint density at radius 3 is 2.88 bits per heavy atom. The van der Waals surface area contributed by atoms with Gasteiger partial charge in [0.25, 0.3) is 0 Å². The number of ketones is 1. The lowest BCUT2D eigenvalue weighted by atomic mass is 9.49. The Balaban J connectivity index is 0.000000900. The van der Waals surface area contributed by atoms with Crippen molar-refractivity contribution in [3.8, 4) is 11.5 Å². The maximum atomic E-state index is 12.7. The Bertz CT molecular complexity index is 815. The molecule has 1 aromatic carbocycles. The zero-order valence-corrected chi connectivity index (χ0v) is 15.3. The lowest BCUT2D eigenvalue weighted by Crippen LogP contribution is -3.00. The predicted molar refractivity (Wildman–Crippen MR) is 90.9 cm³/mol. The molecule has 4 unspecified atom stereocenters. The van der Waals surface area contributed by atoms with Crippen LogP contribution in [0.5, 0.6) is 11.5 Å². The van der Waals surface area contributed by atoms with Crippen LogP contribution in [0.25, 0.3) is 0 Å². The van der Waals surface area contributed by atoms with Gasteiger partial charge in [0.2, 0.25) is 0 Å². The lowest BCUT2D eigenvalue weighted by molar-refractivity contribution is -0.188. The molecule has 0 amide bonds. The number of aromatic hydroxyl groups is 1. The third-order valence-corrected chi connectivity index (χ3v) is 7.56. The normalized spacial score (nSPS) is 39.8. The molecule has 2 heterocycles. The SMILES string of the molecule is O=C1CCC2(O)C3Cc4ccc(O)c5c4C2(CCN3CC2CC2)C1O5.[Cl-].[H+]. The van der Waals surface area contributed by atoms with E-state index in [4.69, 9.17) is 4.74 Å². The first-order valence-electron chi connectivity index (χ1n) is 9.56.